The highest BCUT2D eigenvalue weighted by atomic mass is 35.5. The summed E-state index contributed by atoms with van der Waals surface area (Å²) in [4.78, 5) is 14.5. The summed E-state index contributed by atoms with van der Waals surface area (Å²) in [7, 11) is 0. The van der Waals surface area contributed by atoms with E-state index >= 15 is 0 Å². The molecule has 1 aromatic heterocycles. The lowest BCUT2D eigenvalue weighted by molar-refractivity contribution is -0.122. The van der Waals surface area contributed by atoms with Gasteiger partial charge in [0.15, 0.2) is 0 Å². The fourth-order valence-corrected chi connectivity index (χ4v) is 3.72. The van der Waals surface area contributed by atoms with Crippen molar-refractivity contribution in [2.45, 2.75) is 6.54 Å². The number of hydrogen-bond acceptors (Lipinski definition) is 4. The lowest BCUT2D eigenvalue weighted by atomic mass is 10.2. The van der Waals surface area contributed by atoms with Gasteiger partial charge in [0, 0.05) is 15.6 Å². The molecule has 3 rings (SSSR count). The monoisotopic (exact) mass is 369 g/mol. The fourth-order valence-electron chi connectivity index (χ4n) is 1.97. The predicted octanol–water partition coefficient (Wildman–Crippen LogP) is 4.99. The van der Waals surface area contributed by atoms with E-state index in [0.717, 1.165) is 0 Å². The highest BCUT2D eigenvalue weighted by Crippen LogP contribution is 2.36. The Balaban J connectivity index is 1.89. The maximum absolute atomic E-state index is 12.5. The highest BCUT2D eigenvalue weighted by Gasteiger charge is 2.32. The smallest absolute Gasteiger partial charge is 0.266 e. The lowest BCUT2D eigenvalue weighted by Gasteiger charge is -2.12. The zero-order valence-electron chi connectivity index (χ0n) is 11.1. The van der Waals surface area contributed by atoms with E-state index in [9.17, 15) is 4.79 Å². The van der Waals surface area contributed by atoms with E-state index in [1.165, 1.54) is 16.7 Å². The van der Waals surface area contributed by atoms with Gasteiger partial charge in [-0.25, -0.2) is 0 Å². The van der Waals surface area contributed by atoms with Gasteiger partial charge in [-0.05, 0) is 30.3 Å². The van der Waals surface area contributed by atoms with Crippen molar-refractivity contribution in [2.24, 2.45) is 0 Å². The van der Waals surface area contributed by atoms with Crippen molar-refractivity contribution >= 4 is 63.5 Å². The summed E-state index contributed by atoms with van der Waals surface area (Å²) < 4.78 is 5.74. The summed E-state index contributed by atoms with van der Waals surface area (Å²) in [5.41, 5.74) is 0.615. The Morgan fingerprint density at radius 2 is 1.95 bits per heavy atom. The van der Waals surface area contributed by atoms with Crippen LogP contribution in [0.4, 0.5) is 0 Å². The van der Waals surface area contributed by atoms with Crippen LogP contribution in [-0.2, 0) is 11.3 Å². The van der Waals surface area contributed by atoms with Crippen molar-refractivity contribution in [1.29, 1.82) is 0 Å². The molecular weight excluding hydrogens is 361 g/mol. The van der Waals surface area contributed by atoms with Gasteiger partial charge in [0.1, 0.15) is 10.1 Å². The van der Waals surface area contributed by atoms with Crippen LogP contribution < -0.4 is 0 Å². The van der Waals surface area contributed by atoms with E-state index < -0.39 is 0 Å². The summed E-state index contributed by atoms with van der Waals surface area (Å²) in [6, 6.07) is 8.77. The van der Waals surface area contributed by atoms with Crippen LogP contribution in [0.1, 0.15) is 11.3 Å². The van der Waals surface area contributed by atoms with E-state index in [0.29, 0.717) is 37.1 Å². The molecule has 1 saturated heterocycles. The van der Waals surface area contributed by atoms with Crippen molar-refractivity contribution in [3.8, 4) is 0 Å². The molecule has 1 amide bonds. The number of halogens is 2. The molecule has 1 aliphatic heterocycles. The summed E-state index contributed by atoms with van der Waals surface area (Å²) in [5, 5.41) is 0.979. The van der Waals surface area contributed by atoms with E-state index in [-0.39, 0.29) is 5.91 Å². The molecule has 7 heteroatoms. The van der Waals surface area contributed by atoms with Gasteiger partial charge in [0.05, 0.1) is 17.7 Å². The number of benzene rings is 1. The van der Waals surface area contributed by atoms with E-state index in [1.54, 1.807) is 42.7 Å². The number of hydrogen-bond donors (Lipinski definition) is 0. The van der Waals surface area contributed by atoms with Gasteiger partial charge in [-0.2, -0.15) is 0 Å². The number of rotatable bonds is 3. The third-order valence-electron chi connectivity index (χ3n) is 3.04. The van der Waals surface area contributed by atoms with Crippen LogP contribution in [-0.4, -0.2) is 15.1 Å². The molecule has 0 spiro atoms. The third-order valence-corrected chi connectivity index (χ3v) is 5.08. The standard InChI is InChI=1S/C15H9Cl2NO2S2/c16-11-4-1-5-12(17)10(11)7-13-14(19)18(15(21)22-13)8-9-3-2-6-20-9/h1-7H,8H2/b13-7+. The Kier molecular flexibility index (Phi) is 4.59. The van der Waals surface area contributed by atoms with Gasteiger partial charge in [-0.3, -0.25) is 9.69 Å². The van der Waals surface area contributed by atoms with Gasteiger partial charge < -0.3 is 4.42 Å². The molecule has 0 saturated carbocycles. The molecule has 112 valence electrons. The summed E-state index contributed by atoms with van der Waals surface area (Å²) in [5.74, 6) is 0.496. The maximum Gasteiger partial charge on any atom is 0.266 e. The van der Waals surface area contributed by atoms with E-state index in [4.69, 9.17) is 39.8 Å². The zero-order valence-corrected chi connectivity index (χ0v) is 14.2. The SMILES string of the molecule is O=C1/C(=C\c2c(Cl)cccc2Cl)SC(=S)N1Cc1ccco1. The summed E-state index contributed by atoms with van der Waals surface area (Å²) in [6.07, 6.45) is 3.23. The molecule has 3 nitrogen and oxygen atoms in total. The molecule has 2 heterocycles. The topological polar surface area (TPSA) is 33.5 Å². The van der Waals surface area contributed by atoms with Crippen LogP contribution in [0, 0.1) is 0 Å². The number of nitrogens with zero attached hydrogens (tertiary/aromatic N) is 1. The Morgan fingerprint density at radius 1 is 1.23 bits per heavy atom. The first-order valence-electron chi connectivity index (χ1n) is 6.28. The van der Waals surface area contributed by atoms with Crippen molar-refractivity contribution in [2.75, 3.05) is 0 Å². The minimum atomic E-state index is -0.178. The van der Waals surface area contributed by atoms with Gasteiger partial charge in [0.25, 0.3) is 5.91 Å². The largest absolute Gasteiger partial charge is 0.467 e. The highest BCUT2D eigenvalue weighted by molar-refractivity contribution is 8.26. The van der Waals surface area contributed by atoms with Gasteiger partial charge in [-0.15, -0.1) is 0 Å². The maximum atomic E-state index is 12.5. The number of furan rings is 1. The van der Waals surface area contributed by atoms with E-state index in [2.05, 4.69) is 0 Å². The Hall–Kier alpha value is -1.27. The fraction of sp³-hybridized carbons (Fsp3) is 0.0667. The number of carbonyl (C=O) groups is 1. The lowest BCUT2D eigenvalue weighted by Crippen LogP contribution is -2.27. The van der Waals surface area contributed by atoms with E-state index in [1.807, 2.05) is 0 Å². The first-order chi connectivity index (χ1) is 10.6. The van der Waals surface area contributed by atoms with Crippen molar-refractivity contribution in [3.05, 3.63) is 62.9 Å². The molecule has 1 aromatic carbocycles. The number of carbonyl (C=O) groups excluding carboxylic acids is 1. The first kappa shape index (κ1) is 15.6. The van der Waals surface area contributed by atoms with Gasteiger partial charge >= 0.3 is 0 Å². The van der Waals surface area contributed by atoms with Crippen LogP contribution in [0.3, 0.4) is 0 Å². The normalized spacial score (nSPS) is 16.8. The number of amides is 1. The molecule has 0 bridgehead atoms. The third kappa shape index (κ3) is 3.08. The van der Waals surface area contributed by atoms with Gasteiger partial charge in [0.2, 0.25) is 0 Å². The molecule has 0 aliphatic carbocycles. The van der Waals surface area contributed by atoms with Crippen LogP contribution in [0.25, 0.3) is 6.08 Å². The van der Waals surface area contributed by atoms with Gasteiger partial charge in [-0.1, -0.05) is 53.2 Å². The average molecular weight is 370 g/mol. The van der Waals surface area contributed by atoms with Crippen molar-refractivity contribution in [3.63, 3.8) is 0 Å². The molecule has 0 atom stereocenters. The van der Waals surface area contributed by atoms with Crippen molar-refractivity contribution < 1.29 is 9.21 Å². The van der Waals surface area contributed by atoms with Crippen LogP contribution in [0.5, 0.6) is 0 Å². The molecule has 22 heavy (non-hydrogen) atoms. The van der Waals surface area contributed by atoms with Crippen LogP contribution in [0.15, 0.2) is 45.9 Å². The second kappa shape index (κ2) is 6.46. The Morgan fingerprint density at radius 3 is 2.59 bits per heavy atom. The summed E-state index contributed by atoms with van der Waals surface area (Å²) in [6.45, 7) is 0.311. The zero-order chi connectivity index (χ0) is 15.7. The Bertz CT molecular complexity index is 752. The number of thiocarbonyl (C=S) groups is 1. The first-order valence-corrected chi connectivity index (χ1v) is 8.26. The van der Waals surface area contributed by atoms with Crippen LogP contribution >= 0.6 is 47.2 Å². The molecule has 0 N–H and O–H groups in total. The molecule has 0 unspecified atom stereocenters. The molecule has 2 aromatic rings. The Labute approximate surface area is 146 Å². The molecular formula is C15H9Cl2NO2S2. The van der Waals surface area contributed by atoms with Crippen molar-refractivity contribution in [1.82, 2.24) is 4.90 Å². The molecule has 0 radical (unpaired) electrons. The minimum absolute atomic E-state index is 0.178. The van der Waals surface area contributed by atoms with Crippen LogP contribution in [0.2, 0.25) is 10.0 Å². The summed E-state index contributed by atoms with van der Waals surface area (Å²) >= 11 is 18.8. The molecule has 1 fully saturated rings. The number of thioether (sulfide) groups is 1. The second-order valence-electron chi connectivity index (χ2n) is 4.48. The molecule has 1 aliphatic rings. The second-order valence-corrected chi connectivity index (χ2v) is 6.97. The average Bonchev–Trinajstić information content (AvgIpc) is 3.07. The minimum Gasteiger partial charge on any atom is -0.467 e. The predicted molar refractivity (Wildman–Crippen MR) is 93.9 cm³/mol. The quantitative estimate of drug-likeness (QED) is 0.563.